The highest BCUT2D eigenvalue weighted by molar-refractivity contribution is 5.97. The lowest BCUT2D eigenvalue weighted by Crippen LogP contribution is -2.39. The van der Waals surface area contributed by atoms with Crippen molar-refractivity contribution >= 4 is 5.78 Å². The van der Waals surface area contributed by atoms with Crippen molar-refractivity contribution in [1.29, 1.82) is 0 Å². The maximum absolute atomic E-state index is 13.1. The van der Waals surface area contributed by atoms with Crippen molar-refractivity contribution in [1.82, 2.24) is 14.5 Å². The summed E-state index contributed by atoms with van der Waals surface area (Å²) in [7, 11) is 0. The Morgan fingerprint density at radius 3 is 2.43 bits per heavy atom. The Bertz CT molecular complexity index is 885. The second-order valence-corrected chi connectivity index (χ2v) is 7.38. The molecule has 1 aliphatic rings. The maximum atomic E-state index is 13.1. The summed E-state index contributed by atoms with van der Waals surface area (Å²) in [6.45, 7) is 2.66. The summed E-state index contributed by atoms with van der Waals surface area (Å²) < 4.78 is 15.2. The van der Waals surface area contributed by atoms with Crippen LogP contribution >= 0.6 is 0 Å². The summed E-state index contributed by atoms with van der Waals surface area (Å²) in [5.74, 6) is -0.156. The van der Waals surface area contributed by atoms with Gasteiger partial charge in [-0.3, -0.25) is 4.79 Å². The van der Waals surface area contributed by atoms with E-state index in [1.54, 1.807) is 12.1 Å². The average Bonchev–Trinajstić information content (AvgIpc) is 3.28. The van der Waals surface area contributed by atoms with Crippen LogP contribution in [0.25, 0.3) is 0 Å². The molecule has 144 valence electrons. The third-order valence-corrected chi connectivity index (χ3v) is 5.59. The fourth-order valence-corrected chi connectivity index (χ4v) is 3.97. The summed E-state index contributed by atoms with van der Waals surface area (Å²) >= 11 is 0. The van der Waals surface area contributed by atoms with E-state index in [1.807, 2.05) is 24.8 Å². The van der Waals surface area contributed by atoms with Crippen LogP contribution in [0.4, 0.5) is 4.39 Å². The number of aromatic nitrogens is 2. The van der Waals surface area contributed by atoms with Gasteiger partial charge in [-0.25, -0.2) is 9.37 Å². The molecule has 0 radical (unpaired) electrons. The number of carbonyl (C=O) groups is 1. The van der Waals surface area contributed by atoms with Crippen LogP contribution in [0.15, 0.2) is 73.3 Å². The third-order valence-electron chi connectivity index (χ3n) is 5.59. The molecule has 3 aromatic rings. The summed E-state index contributed by atoms with van der Waals surface area (Å²) in [6.07, 6.45) is 7.35. The van der Waals surface area contributed by atoms with Gasteiger partial charge in [0.2, 0.25) is 0 Å². The largest absolute Gasteiger partial charge is 0.329 e. The number of hydrogen-bond donors (Lipinski definition) is 0. The first kappa shape index (κ1) is 18.6. The lowest BCUT2D eigenvalue weighted by Gasteiger charge is -2.34. The molecule has 28 heavy (non-hydrogen) atoms. The SMILES string of the molecule is O=C(c1ccc(F)cc1)C1CCN(CC(c2ccccc2)n2ccnc2)CC1. The van der Waals surface area contributed by atoms with Gasteiger partial charge >= 0.3 is 0 Å². The summed E-state index contributed by atoms with van der Waals surface area (Å²) in [6, 6.07) is 16.6. The highest BCUT2D eigenvalue weighted by atomic mass is 19.1. The predicted molar refractivity (Wildman–Crippen MR) is 107 cm³/mol. The lowest BCUT2D eigenvalue weighted by molar-refractivity contribution is 0.0832. The molecule has 5 heteroatoms. The maximum Gasteiger partial charge on any atom is 0.166 e. The highest BCUT2D eigenvalue weighted by Gasteiger charge is 2.27. The van der Waals surface area contributed by atoms with Crippen LogP contribution in [0.1, 0.15) is 34.8 Å². The number of halogens is 1. The summed E-state index contributed by atoms with van der Waals surface area (Å²) in [5, 5.41) is 0. The van der Waals surface area contributed by atoms with Gasteiger partial charge in [-0.1, -0.05) is 30.3 Å². The Hall–Kier alpha value is -2.79. The van der Waals surface area contributed by atoms with Crippen LogP contribution in [0, 0.1) is 11.7 Å². The monoisotopic (exact) mass is 377 g/mol. The molecule has 0 amide bonds. The minimum absolute atomic E-state index is 0.0186. The Balaban J connectivity index is 1.40. The van der Waals surface area contributed by atoms with Crippen LogP contribution in [-0.2, 0) is 0 Å². The fourth-order valence-electron chi connectivity index (χ4n) is 3.97. The van der Waals surface area contributed by atoms with E-state index in [4.69, 9.17) is 0 Å². The molecule has 0 saturated carbocycles. The Morgan fingerprint density at radius 1 is 1.07 bits per heavy atom. The number of likely N-dealkylation sites (tertiary alicyclic amines) is 1. The number of imidazole rings is 1. The number of piperidine rings is 1. The number of nitrogens with zero attached hydrogens (tertiary/aromatic N) is 3. The van der Waals surface area contributed by atoms with E-state index >= 15 is 0 Å². The summed E-state index contributed by atoms with van der Waals surface area (Å²) in [4.78, 5) is 19.3. The number of ketones is 1. The van der Waals surface area contributed by atoms with Gasteiger partial charge in [-0.05, 0) is 55.8 Å². The van der Waals surface area contributed by atoms with Crippen LogP contribution in [0.2, 0.25) is 0 Å². The van der Waals surface area contributed by atoms with Gasteiger partial charge in [0.25, 0.3) is 0 Å². The molecule has 1 atom stereocenters. The van der Waals surface area contributed by atoms with Crippen molar-refractivity contribution < 1.29 is 9.18 Å². The normalized spacial score (nSPS) is 16.8. The van der Waals surface area contributed by atoms with E-state index in [2.05, 4.69) is 38.7 Å². The number of Topliss-reactive ketones (excluding diaryl/α,β-unsaturated/α-hetero) is 1. The molecule has 1 fully saturated rings. The zero-order chi connectivity index (χ0) is 19.3. The van der Waals surface area contributed by atoms with Crippen molar-refractivity contribution in [3.8, 4) is 0 Å². The minimum Gasteiger partial charge on any atom is -0.329 e. The number of rotatable bonds is 6. The molecular formula is C23H24FN3O. The standard InChI is InChI=1S/C23H24FN3O/c24-21-8-6-19(7-9-21)23(28)20-10-13-26(14-11-20)16-22(27-15-12-25-17-27)18-4-2-1-3-5-18/h1-9,12,15,17,20,22H,10-11,13-14,16H2. The molecule has 1 aliphatic heterocycles. The molecule has 0 spiro atoms. The van der Waals surface area contributed by atoms with Gasteiger partial charge in [-0.2, -0.15) is 0 Å². The van der Waals surface area contributed by atoms with E-state index < -0.39 is 0 Å². The van der Waals surface area contributed by atoms with E-state index in [0.717, 1.165) is 32.5 Å². The number of hydrogen-bond acceptors (Lipinski definition) is 3. The first-order valence-electron chi connectivity index (χ1n) is 9.75. The molecule has 0 aliphatic carbocycles. The van der Waals surface area contributed by atoms with Crippen LogP contribution < -0.4 is 0 Å². The topological polar surface area (TPSA) is 38.1 Å². The molecule has 4 rings (SSSR count). The molecule has 2 aromatic carbocycles. The third kappa shape index (κ3) is 4.20. The molecule has 0 N–H and O–H groups in total. The van der Waals surface area contributed by atoms with Crippen molar-refractivity contribution in [2.24, 2.45) is 5.92 Å². The van der Waals surface area contributed by atoms with Gasteiger partial charge in [0.1, 0.15) is 5.82 Å². The lowest BCUT2D eigenvalue weighted by atomic mass is 9.88. The first-order chi connectivity index (χ1) is 13.7. The average molecular weight is 377 g/mol. The Kier molecular flexibility index (Phi) is 5.63. The van der Waals surface area contributed by atoms with Crippen molar-refractivity contribution in [2.45, 2.75) is 18.9 Å². The van der Waals surface area contributed by atoms with Gasteiger partial charge in [0, 0.05) is 30.4 Å². The molecule has 4 nitrogen and oxygen atoms in total. The fraction of sp³-hybridized carbons (Fsp3) is 0.304. The van der Waals surface area contributed by atoms with E-state index in [0.29, 0.717) is 5.56 Å². The van der Waals surface area contributed by atoms with Crippen LogP contribution in [0.3, 0.4) is 0 Å². The van der Waals surface area contributed by atoms with E-state index in [9.17, 15) is 9.18 Å². The number of carbonyl (C=O) groups excluding carboxylic acids is 1. The Morgan fingerprint density at radius 2 is 1.79 bits per heavy atom. The van der Waals surface area contributed by atoms with Crippen molar-refractivity contribution in [2.75, 3.05) is 19.6 Å². The molecular weight excluding hydrogens is 353 g/mol. The highest BCUT2D eigenvalue weighted by Crippen LogP contribution is 2.25. The van der Waals surface area contributed by atoms with Gasteiger partial charge < -0.3 is 9.47 Å². The first-order valence-corrected chi connectivity index (χ1v) is 9.75. The number of benzene rings is 2. The molecule has 0 bridgehead atoms. The van der Waals surface area contributed by atoms with Crippen LogP contribution in [-0.4, -0.2) is 39.9 Å². The zero-order valence-electron chi connectivity index (χ0n) is 15.7. The quantitative estimate of drug-likeness (QED) is 0.604. The van der Waals surface area contributed by atoms with Crippen LogP contribution in [0.5, 0.6) is 0 Å². The van der Waals surface area contributed by atoms with Gasteiger partial charge in [-0.15, -0.1) is 0 Å². The van der Waals surface area contributed by atoms with Crippen molar-refractivity contribution in [3.63, 3.8) is 0 Å². The second-order valence-electron chi connectivity index (χ2n) is 7.38. The molecule has 1 saturated heterocycles. The molecule has 2 heterocycles. The zero-order valence-corrected chi connectivity index (χ0v) is 15.7. The van der Waals surface area contributed by atoms with E-state index in [-0.39, 0.29) is 23.6 Å². The Labute approximate surface area is 164 Å². The predicted octanol–water partition coefficient (Wildman–Crippen LogP) is 4.21. The minimum atomic E-state index is -0.308. The smallest absolute Gasteiger partial charge is 0.166 e. The van der Waals surface area contributed by atoms with Gasteiger partial charge in [0.05, 0.1) is 12.4 Å². The van der Waals surface area contributed by atoms with Crippen molar-refractivity contribution in [3.05, 3.63) is 90.3 Å². The van der Waals surface area contributed by atoms with Gasteiger partial charge in [0.15, 0.2) is 5.78 Å². The summed E-state index contributed by atoms with van der Waals surface area (Å²) in [5.41, 5.74) is 1.87. The second kappa shape index (κ2) is 8.48. The molecule has 1 unspecified atom stereocenters. The van der Waals surface area contributed by atoms with E-state index in [1.165, 1.54) is 17.7 Å². The molecule has 1 aromatic heterocycles.